The number of aliphatic hydroxyl groups is 1. The van der Waals surface area contributed by atoms with Gasteiger partial charge in [-0.1, -0.05) is 29.8 Å². The highest BCUT2D eigenvalue weighted by molar-refractivity contribution is 9.10. The first-order valence-electron chi connectivity index (χ1n) is 6.26. The van der Waals surface area contributed by atoms with Gasteiger partial charge in [0.15, 0.2) is 11.5 Å². The minimum absolute atomic E-state index is 0.0282. The fourth-order valence-electron chi connectivity index (χ4n) is 1.85. The second-order valence-electron chi connectivity index (χ2n) is 5.36. The van der Waals surface area contributed by atoms with Gasteiger partial charge in [-0.2, -0.15) is 0 Å². The number of aliphatic hydroxyl groups excluding tert-OH is 1. The number of aromatic hydroxyl groups is 1. The molecule has 0 aliphatic carbocycles. The van der Waals surface area contributed by atoms with Crippen molar-refractivity contribution < 1.29 is 14.9 Å². The van der Waals surface area contributed by atoms with Crippen LogP contribution in [0.3, 0.4) is 0 Å². The van der Waals surface area contributed by atoms with Crippen molar-refractivity contribution in [3.8, 4) is 11.5 Å². The summed E-state index contributed by atoms with van der Waals surface area (Å²) in [6.07, 6.45) is 0.744. The Morgan fingerprint density at radius 1 is 1.37 bits per heavy atom. The van der Waals surface area contributed by atoms with Crippen LogP contribution in [0, 0.1) is 5.41 Å². The number of halogens is 1. The molecule has 0 fully saturated rings. The largest absolute Gasteiger partial charge is 0.504 e. The summed E-state index contributed by atoms with van der Waals surface area (Å²) in [5, 5.41) is 22.3. The van der Waals surface area contributed by atoms with Crippen molar-refractivity contribution in [3.63, 3.8) is 0 Å². The third kappa shape index (κ3) is 5.01. The molecule has 4 nitrogen and oxygen atoms in total. The lowest BCUT2D eigenvalue weighted by Crippen LogP contribution is -2.29. The molecule has 0 bridgehead atoms. The van der Waals surface area contributed by atoms with E-state index in [4.69, 9.17) is 9.84 Å². The fourth-order valence-corrected chi connectivity index (χ4v) is 2.33. The molecule has 0 atom stereocenters. The first kappa shape index (κ1) is 16.3. The molecule has 0 aliphatic heterocycles. The van der Waals surface area contributed by atoms with Crippen molar-refractivity contribution in [2.24, 2.45) is 5.41 Å². The van der Waals surface area contributed by atoms with Crippen molar-refractivity contribution in [3.05, 3.63) is 22.2 Å². The van der Waals surface area contributed by atoms with Crippen molar-refractivity contribution in [1.82, 2.24) is 5.32 Å². The number of benzene rings is 1. The van der Waals surface area contributed by atoms with Gasteiger partial charge in [0.25, 0.3) is 0 Å². The van der Waals surface area contributed by atoms with Gasteiger partial charge < -0.3 is 20.3 Å². The van der Waals surface area contributed by atoms with Crippen LogP contribution >= 0.6 is 15.9 Å². The number of hydrogen-bond donors (Lipinski definition) is 3. The lowest BCUT2D eigenvalue weighted by molar-refractivity contribution is 0.207. The summed E-state index contributed by atoms with van der Waals surface area (Å²) >= 11 is 3.39. The quantitative estimate of drug-likeness (QED) is 0.718. The van der Waals surface area contributed by atoms with E-state index in [0.29, 0.717) is 12.3 Å². The zero-order valence-electron chi connectivity index (χ0n) is 11.7. The summed E-state index contributed by atoms with van der Waals surface area (Å²) in [6, 6.07) is 3.60. The summed E-state index contributed by atoms with van der Waals surface area (Å²) in [6.45, 7) is 5.69. The second kappa shape index (κ2) is 7.12. The van der Waals surface area contributed by atoms with Gasteiger partial charge in [0.05, 0.1) is 7.11 Å². The van der Waals surface area contributed by atoms with E-state index in [1.165, 1.54) is 7.11 Å². The van der Waals surface area contributed by atoms with Crippen LogP contribution in [0.25, 0.3) is 0 Å². The Labute approximate surface area is 122 Å². The van der Waals surface area contributed by atoms with Crippen LogP contribution < -0.4 is 10.1 Å². The molecule has 0 aliphatic rings. The first-order chi connectivity index (χ1) is 8.89. The Balaban J connectivity index is 2.65. The van der Waals surface area contributed by atoms with Gasteiger partial charge in [-0.3, -0.25) is 0 Å². The van der Waals surface area contributed by atoms with Gasteiger partial charge in [-0.05, 0) is 24.0 Å². The summed E-state index contributed by atoms with van der Waals surface area (Å²) in [4.78, 5) is 0. The number of ether oxygens (including phenoxy) is 1. The van der Waals surface area contributed by atoms with Gasteiger partial charge in [-0.25, -0.2) is 0 Å². The van der Waals surface area contributed by atoms with Gasteiger partial charge in [0.2, 0.25) is 0 Å². The van der Waals surface area contributed by atoms with E-state index in [-0.39, 0.29) is 17.8 Å². The normalized spacial score (nSPS) is 11.6. The summed E-state index contributed by atoms with van der Waals surface area (Å²) in [5.41, 5.74) is 0.812. The van der Waals surface area contributed by atoms with E-state index in [0.717, 1.165) is 23.0 Å². The Bertz CT molecular complexity index is 421. The Kier molecular flexibility index (Phi) is 6.10. The van der Waals surface area contributed by atoms with Crippen LogP contribution in [0.1, 0.15) is 25.8 Å². The van der Waals surface area contributed by atoms with Gasteiger partial charge in [-0.15, -0.1) is 0 Å². The van der Waals surface area contributed by atoms with Crippen LogP contribution in [-0.4, -0.2) is 30.5 Å². The molecule has 0 amide bonds. The van der Waals surface area contributed by atoms with E-state index in [1.807, 2.05) is 6.07 Å². The SMILES string of the molecule is COc1cc(Br)cc(CNCC(C)(C)CCO)c1O. The number of phenols is 1. The monoisotopic (exact) mass is 331 g/mol. The minimum atomic E-state index is 0.0282. The predicted molar refractivity (Wildman–Crippen MR) is 79.5 cm³/mol. The predicted octanol–water partition coefficient (Wildman–Crippen LogP) is 2.66. The summed E-state index contributed by atoms with van der Waals surface area (Å²) in [5.74, 6) is 0.624. The molecule has 0 saturated heterocycles. The number of rotatable bonds is 7. The van der Waals surface area contributed by atoms with Crippen molar-refractivity contribution >= 4 is 15.9 Å². The van der Waals surface area contributed by atoms with Gasteiger partial charge in [0, 0.05) is 29.7 Å². The lowest BCUT2D eigenvalue weighted by atomic mass is 9.90. The number of phenolic OH excluding ortho intramolecular Hbond substituents is 1. The Hall–Kier alpha value is -0.780. The number of hydrogen-bond acceptors (Lipinski definition) is 4. The van der Waals surface area contributed by atoms with Crippen molar-refractivity contribution in [2.45, 2.75) is 26.8 Å². The molecule has 0 heterocycles. The molecular formula is C14H22BrNO3. The molecule has 5 heteroatoms. The smallest absolute Gasteiger partial charge is 0.162 e. The highest BCUT2D eigenvalue weighted by Gasteiger charge is 2.17. The zero-order valence-corrected chi connectivity index (χ0v) is 13.2. The number of methoxy groups -OCH3 is 1. The fraction of sp³-hybridized carbons (Fsp3) is 0.571. The maximum atomic E-state index is 10.0. The van der Waals surface area contributed by atoms with E-state index in [2.05, 4.69) is 35.1 Å². The van der Waals surface area contributed by atoms with Gasteiger partial charge in [0.1, 0.15) is 0 Å². The summed E-state index contributed by atoms with van der Waals surface area (Å²) in [7, 11) is 1.53. The molecule has 3 N–H and O–H groups in total. The number of nitrogens with one attached hydrogen (secondary N) is 1. The van der Waals surface area contributed by atoms with Crippen molar-refractivity contribution in [1.29, 1.82) is 0 Å². The maximum absolute atomic E-state index is 10.0. The van der Waals surface area contributed by atoms with E-state index in [1.54, 1.807) is 6.07 Å². The van der Waals surface area contributed by atoms with Crippen LogP contribution in [0.2, 0.25) is 0 Å². The van der Waals surface area contributed by atoms with Crippen LogP contribution in [0.5, 0.6) is 11.5 Å². The van der Waals surface area contributed by atoms with Crippen LogP contribution in [-0.2, 0) is 6.54 Å². The lowest BCUT2D eigenvalue weighted by Gasteiger charge is -2.24. The highest BCUT2D eigenvalue weighted by Crippen LogP contribution is 2.33. The Morgan fingerprint density at radius 3 is 2.63 bits per heavy atom. The molecule has 0 saturated carbocycles. The van der Waals surface area contributed by atoms with Gasteiger partial charge >= 0.3 is 0 Å². The third-order valence-corrected chi connectivity index (χ3v) is 3.50. The molecule has 0 radical (unpaired) electrons. The molecule has 0 unspecified atom stereocenters. The molecule has 1 rings (SSSR count). The molecular weight excluding hydrogens is 310 g/mol. The molecule has 1 aromatic rings. The zero-order chi connectivity index (χ0) is 14.5. The molecule has 19 heavy (non-hydrogen) atoms. The summed E-state index contributed by atoms with van der Waals surface area (Å²) < 4.78 is 5.98. The molecule has 108 valence electrons. The van der Waals surface area contributed by atoms with Crippen molar-refractivity contribution in [2.75, 3.05) is 20.3 Å². The van der Waals surface area contributed by atoms with E-state index < -0.39 is 0 Å². The highest BCUT2D eigenvalue weighted by atomic mass is 79.9. The first-order valence-corrected chi connectivity index (χ1v) is 7.06. The van der Waals surface area contributed by atoms with Crippen LogP contribution in [0.4, 0.5) is 0 Å². The second-order valence-corrected chi connectivity index (χ2v) is 6.27. The van der Waals surface area contributed by atoms with E-state index in [9.17, 15) is 5.11 Å². The average Bonchev–Trinajstić information content (AvgIpc) is 2.32. The van der Waals surface area contributed by atoms with Crippen LogP contribution in [0.15, 0.2) is 16.6 Å². The molecule has 1 aromatic carbocycles. The standard InChI is InChI=1S/C14H22BrNO3/c1-14(2,4-5-17)9-16-8-10-6-11(15)7-12(19-3)13(10)18/h6-7,16-18H,4-5,8-9H2,1-3H3. The molecule has 0 aromatic heterocycles. The third-order valence-electron chi connectivity index (χ3n) is 3.05. The average molecular weight is 332 g/mol. The molecule has 0 spiro atoms. The van der Waals surface area contributed by atoms with E-state index >= 15 is 0 Å². The Morgan fingerprint density at radius 2 is 2.05 bits per heavy atom. The topological polar surface area (TPSA) is 61.7 Å². The minimum Gasteiger partial charge on any atom is -0.504 e. The maximum Gasteiger partial charge on any atom is 0.162 e.